The van der Waals surface area contributed by atoms with E-state index >= 15 is 0 Å². The summed E-state index contributed by atoms with van der Waals surface area (Å²) in [6.07, 6.45) is 0.632. The van der Waals surface area contributed by atoms with Crippen molar-refractivity contribution in [1.29, 1.82) is 0 Å². The Balaban J connectivity index is 1.35. The van der Waals surface area contributed by atoms with Gasteiger partial charge in [-0.15, -0.1) is 0 Å². The highest BCUT2D eigenvalue weighted by Gasteiger charge is 2.68. The average molecular weight is 429 g/mol. The molecule has 0 spiro atoms. The third-order valence-electron chi connectivity index (χ3n) is 5.27. The summed E-state index contributed by atoms with van der Waals surface area (Å²) >= 11 is 9.33. The molecule has 2 saturated carbocycles. The van der Waals surface area contributed by atoms with Crippen molar-refractivity contribution in [1.82, 2.24) is 0 Å². The number of fused-ring (bicyclic) bond motifs is 1. The smallest absolute Gasteiger partial charge is 0.310 e. The molecule has 25 heavy (non-hydrogen) atoms. The minimum atomic E-state index is -0.538. The Morgan fingerprint density at radius 2 is 2.00 bits per heavy atom. The molecule has 1 aromatic carbocycles. The number of nitrogens with one attached hydrogen (secondary N) is 1. The molecule has 3 aliphatic rings. The highest BCUT2D eigenvalue weighted by atomic mass is 79.9. The van der Waals surface area contributed by atoms with Gasteiger partial charge >= 0.3 is 11.9 Å². The Morgan fingerprint density at radius 3 is 2.72 bits per heavy atom. The molecular weight excluding hydrogens is 414 g/mol. The summed E-state index contributed by atoms with van der Waals surface area (Å²) in [5.74, 6) is -2.17. The number of carbonyl (C=O) groups is 3. The Labute approximate surface area is 157 Å². The van der Waals surface area contributed by atoms with Crippen LogP contribution in [0.4, 0.5) is 5.69 Å². The van der Waals surface area contributed by atoms with Gasteiger partial charge in [0.1, 0.15) is 6.10 Å². The highest BCUT2D eigenvalue weighted by Crippen LogP contribution is 2.60. The summed E-state index contributed by atoms with van der Waals surface area (Å²) in [4.78, 5) is 36.4. The first kappa shape index (κ1) is 16.8. The zero-order chi connectivity index (χ0) is 17.7. The number of rotatable bonds is 4. The van der Waals surface area contributed by atoms with E-state index < -0.39 is 30.3 Å². The maximum absolute atomic E-state index is 12.5. The lowest BCUT2D eigenvalue weighted by Crippen LogP contribution is -2.39. The largest absolute Gasteiger partial charge is 0.461 e. The molecule has 0 radical (unpaired) electrons. The summed E-state index contributed by atoms with van der Waals surface area (Å²) < 4.78 is 10.5. The van der Waals surface area contributed by atoms with Gasteiger partial charge in [0.2, 0.25) is 0 Å². The van der Waals surface area contributed by atoms with Gasteiger partial charge < -0.3 is 14.8 Å². The lowest BCUT2D eigenvalue weighted by molar-refractivity contribution is -0.157. The summed E-state index contributed by atoms with van der Waals surface area (Å²) in [5, 5.41) is 3.19. The number of hydrogen-bond acceptors (Lipinski definition) is 5. The fourth-order valence-electron chi connectivity index (χ4n) is 4.26. The van der Waals surface area contributed by atoms with Crippen LogP contribution in [-0.2, 0) is 23.9 Å². The van der Waals surface area contributed by atoms with Gasteiger partial charge in [-0.1, -0.05) is 27.5 Å². The zero-order valence-corrected chi connectivity index (χ0v) is 15.3. The minimum absolute atomic E-state index is 0.0123. The molecular formula is C17H15BrClNO5. The number of ether oxygens (including phenoxy) is 2. The van der Waals surface area contributed by atoms with Crippen molar-refractivity contribution < 1.29 is 23.9 Å². The first-order chi connectivity index (χ1) is 12.0. The standard InChI is InChI=1S/C17H15BrClNO5/c18-14-9-5-10-13(17(23)25-15(10)14)12(9)16(22)24-6-11(21)20-8-3-1-7(19)2-4-8/h1-4,9-10,12-15H,5-6H2,(H,20,21)/t9-,10-,12-,13-,14+,15+/m1/s1. The quantitative estimate of drug-likeness (QED) is 0.588. The molecule has 1 N–H and O–H groups in total. The second-order valence-corrected chi connectivity index (χ2v) is 8.12. The number of carbonyl (C=O) groups excluding carboxylic acids is 3. The Kier molecular flexibility index (Phi) is 4.24. The van der Waals surface area contributed by atoms with Gasteiger partial charge in [0.05, 0.1) is 16.7 Å². The van der Waals surface area contributed by atoms with E-state index in [1.54, 1.807) is 24.3 Å². The van der Waals surface area contributed by atoms with Crippen molar-refractivity contribution in [3.63, 3.8) is 0 Å². The van der Waals surface area contributed by atoms with Gasteiger partial charge in [-0.05, 0) is 36.6 Å². The SMILES string of the molecule is O=C(COC(=O)[C@@H]1[C@H]2C[C@H]3[C@H](OC(=O)[C@H]31)[C@H]2Br)Nc1ccc(Cl)cc1. The lowest BCUT2D eigenvalue weighted by Gasteiger charge is -2.26. The maximum Gasteiger partial charge on any atom is 0.310 e. The molecule has 0 aromatic heterocycles. The molecule has 1 heterocycles. The van der Waals surface area contributed by atoms with Crippen LogP contribution in [0.15, 0.2) is 24.3 Å². The summed E-state index contributed by atoms with van der Waals surface area (Å²) in [7, 11) is 0. The van der Waals surface area contributed by atoms with E-state index in [2.05, 4.69) is 21.2 Å². The number of esters is 2. The summed E-state index contributed by atoms with van der Waals surface area (Å²) in [6, 6.07) is 6.61. The molecule has 1 aromatic rings. The molecule has 1 saturated heterocycles. The molecule has 8 heteroatoms. The van der Waals surface area contributed by atoms with E-state index in [0.717, 1.165) is 6.42 Å². The fraction of sp³-hybridized carbons (Fsp3) is 0.471. The van der Waals surface area contributed by atoms with Gasteiger partial charge in [-0.25, -0.2) is 0 Å². The van der Waals surface area contributed by atoms with Crippen LogP contribution in [-0.4, -0.2) is 35.4 Å². The first-order valence-corrected chi connectivity index (χ1v) is 9.31. The molecule has 6 nitrogen and oxygen atoms in total. The van der Waals surface area contributed by atoms with Crippen LogP contribution in [0, 0.1) is 23.7 Å². The van der Waals surface area contributed by atoms with Crippen molar-refractivity contribution in [2.75, 3.05) is 11.9 Å². The van der Waals surface area contributed by atoms with Crippen LogP contribution in [0.1, 0.15) is 6.42 Å². The lowest BCUT2D eigenvalue weighted by atomic mass is 9.80. The Hall–Kier alpha value is -1.60. The van der Waals surface area contributed by atoms with E-state index in [9.17, 15) is 14.4 Å². The number of alkyl halides is 1. The fourth-order valence-corrected chi connectivity index (χ4v) is 5.43. The van der Waals surface area contributed by atoms with Crippen LogP contribution in [0.25, 0.3) is 0 Å². The van der Waals surface area contributed by atoms with Crippen molar-refractivity contribution >= 4 is 51.1 Å². The second-order valence-electron chi connectivity index (χ2n) is 6.62. The highest BCUT2D eigenvalue weighted by molar-refractivity contribution is 9.09. The van der Waals surface area contributed by atoms with Gasteiger partial charge in [-0.2, -0.15) is 0 Å². The van der Waals surface area contributed by atoms with Crippen molar-refractivity contribution in [2.45, 2.75) is 17.4 Å². The zero-order valence-electron chi connectivity index (χ0n) is 13.0. The second kappa shape index (κ2) is 6.29. The number of anilines is 1. The summed E-state index contributed by atoms with van der Waals surface area (Å²) in [5.41, 5.74) is 0.563. The molecule has 132 valence electrons. The van der Waals surface area contributed by atoms with Crippen molar-refractivity contribution in [2.24, 2.45) is 23.7 Å². The average Bonchev–Trinajstić information content (AvgIpc) is 3.19. The van der Waals surface area contributed by atoms with Gasteiger partial charge in [-0.3, -0.25) is 14.4 Å². The monoisotopic (exact) mass is 427 g/mol. The normalized spacial score (nSPS) is 34.7. The topological polar surface area (TPSA) is 81.7 Å². The maximum atomic E-state index is 12.5. The number of hydrogen-bond donors (Lipinski definition) is 1. The van der Waals surface area contributed by atoms with E-state index in [1.165, 1.54) is 0 Å². The van der Waals surface area contributed by atoms with Gasteiger partial charge in [0.25, 0.3) is 5.91 Å². The third kappa shape index (κ3) is 2.83. The molecule has 2 bridgehead atoms. The van der Waals surface area contributed by atoms with Crippen molar-refractivity contribution in [3.8, 4) is 0 Å². The molecule has 0 unspecified atom stereocenters. The molecule has 4 rings (SSSR count). The predicted octanol–water partition coefficient (Wildman–Crippen LogP) is 2.39. The van der Waals surface area contributed by atoms with E-state index in [1.807, 2.05) is 0 Å². The van der Waals surface area contributed by atoms with E-state index in [-0.39, 0.29) is 28.7 Å². The minimum Gasteiger partial charge on any atom is -0.461 e. The molecule has 1 amide bonds. The number of halogens is 2. The molecule has 2 aliphatic carbocycles. The molecule has 3 fully saturated rings. The van der Waals surface area contributed by atoms with Crippen LogP contribution in [0.5, 0.6) is 0 Å². The number of amides is 1. The van der Waals surface area contributed by atoms with Crippen LogP contribution < -0.4 is 5.32 Å². The molecule has 6 atom stereocenters. The number of benzene rings is 1. The van der Waals surface area contributed by atoms with Crippen LogP contribution in [0.3, 0.4) is 0 Å². The predicted molar refractivity (Wildman–Crippen MR) is 92.2 cm³/mol. The Bertz CT molecular complexity index is 739. The first-order valence-electron chi connectivity index (χ1n) is 8.02. The van der Waals surface area contributed by atoms with Crippen LogP contribution >= 0.6 is 27.5 Å². The van der Waals surface area contributed by atoms with Crippen LogP contribution in [0.2, 0.25) is 5.02 Å². The third-order valence-corrected chi connectivity index (χ3v) is 6.72. The van der Waals surface area contributed by atoms with E-state index in [4.69, 9.17) is 21.1 Å². The Morgan fingerprint density at radius 1 is 1.28 bits per heavy atom. The van der Waals surface area contributed by atoms with E-state index in [0.29, 0.717) is 10.7 Å². The van der Waals surface area contributed by atoms with Gasteiger partial charge in [0, 0.05) is 16.6 Å². The summed E-state index contributed by atoms with van der Waals surface area (Å²) in [6.45, 7) is -0.395. The molecule has 1 aliphatic heterocycles. The van der Waals surface area contributed by atoms with Crippen molar-refractivity contribution in [3.05, 3.63) is 29.3 Å². The van der Waals surface area contributed by atoms with Gasteiger partial charge in [0.15, 0.2) is 6.61 Å².